The summed E-state index contributed by atoms with van der Waals surface area (Å²) in [7, 11) is 1.75. The van der Waals surface area contributed by atoms with Crippen LogP contribution in [0.15, 0.2) is 18.2 Å². The molecule has 0 atom stereocenters. The van der Waals surface area contributed by atoms with Crippen LogP contribution in [-0.2, 0) is 9.59 Å². The molecule has 0 bridgehead atoms. The van der Waals surface area contributed by atoms with Crippen LogP contribution in [0.3, 0.4) is 0 Å². The number of carbonyl (C=O) groups is 2. The van der Waals surface area contributed by atoms with Crippen molar-refractivity contribution in [2.75, 3.05) is 23.9 Å². The minimum Gasteiger partial charge on any atom is -0.490 e. The van der Waals surface area contributed by atoms with Gasteiger partial charge in [0.2, 0.25) is 11.8 Å². The normalized spacial score (nSPS) is 20.3. The summed E-state index contributed by atoms with van der Waals surface area (Å²) < 4.78 is 5.79. The molecule has 1 aromatic carbocycles. The van der Waals surface area contributed by atoms with Crippen LogP contribution in [0.4, 0.5) is 11.4 Å². The first kappa shape index (κ1) is 13.9. The largest absolute Gasteiger partial charge is 0.490 e. The Morgan fingerprint density at radius 2 is 2.10 bits per heavy atom. The lowest BCUT2D eigenvalue weighted by Crippen LogP contribution is -2.39. The van der Waals surface area contributed by atoms with Crippen LogP contribution >= 0.6 is 0 Å². The summed E-state index contributed by atoms with van der Waals surface area (Å²) in [4.78, 5) is 25.8. The van der Waals surface area contributed by atoms with Crippen LogP contribution < -0.4 is 15.0 Å². The fourth-order valence-corrected chi connectivity index (χ4v) is 2.46. The molecule has 112 valence electrons. The van der Waals surface area contributed by atoms with E-state index in [0.29, 0.717) is 18.0 Å². The molecule has 1 fully saturated rings. The molecule has 0 spiro atoms. The third-order valence-corrected chi connectivity index (χ3v) is 4.01. The number of carbonyl (C=O) groups excluding carboxylic acids is 2. The second-order valence-electron chi connectivity index (χ2n) is 6.48. The van der Waals surface area contributed by atoms with Gasteiger partial charge in [-0.05, 0) is 38.8 Å². The number of rotatable bonds is 2. The molecule has 0 radical (unpaired) electrons. The molecular formula is C16H20N2O3. The second-order valence-corrected chi connectivity index (χ2v) is 6.48. The number of nitrogens with zero attached hydrogens (tertiary/aromatic N) is 1. The molecule has 5 heteroatoms. The van der Waals surface area contributed by atoms with E-state index in [-0.39, 0.29) is 17.7 Å². The summed E-state index contributed by atoms with van der Waals surface area (Å²) in [6, 6.07) is 5.42. The van der Waals surface area contributed by atoms with Crippen LogP contribution in [-0.4, -0.2) is 25.5 Å². The van der Waals surface area contributed by atoms with E-state index in [4.69, 9.17) is 4.74 Å². The molecule has 3 rings (SSSR count). The van der Waals surface area contributed by atoms with E-state index in [1.54, 1.807) is 18.0 Å². The molecule has 1 N–H and O–H groups in total. The van der Waals surface area contributed by atoms with Crippen molar-refractivity contribution in [1.29, 1.82) is 0 Å². The SMILES string of the molecule is CN1C(=O)C(C)(C)COc2cc(NC(=O)C3CC3)ccc21. The minimum atomic E-state index is -0.564. The highest BCUT2D eigenvalue weighted by Crippen LogP contribution is 2.38. The van der Waals surface area contributed by atoms with Gasteiger partial charge >= 0.3 is 0 Å². The quantitative estimate of drug-likeness (QED) is 0.909. The summed E-state index contributed by atoms with van der Waals surface area (Å²) in [5, 5.41) is 2.90. The van der Waals surface area contributed by atoms with Gasteiger partial charge in [-0.3, -0.25) is 9.59 Å². The standard InChI is InChI=1S/C16H20N2O3/c1-16(2)9-21-13-8-11(17-14(19)10-4-5-10)6-7-12(13)18(3)15(16)20/h6-8,10H,4-5,9H2,1-3H3,(H,17,19). The van der Waals surface area contributed by atoms with Crippen LogP contribution in [0.5, 0.6) is 5.75 Å². The van der Waals surface area contributed by atoms with Gasteiger partial charge in [-0.2, -0.15) is 0 Å². The van der Waals surface area contributed by atoms with E-state index in [0.717, 1.165) is 18.5 Å². The van der Waals surface area contributed by atoms with Crippen molar-refractivity contribution in [1.82, 2.24) is 0 Å². The van der Waals surface area contributed by atoms with Crippen molar-refractivity contribution in [3.8, 4) is 5.75 Å². The maximum atomic E-state index is 12.4. The van der Waals surface area contributed by atoms with Crippen LogP contribution in [0, 0.1) is 11.3 Å². The van der Waals surface area contributed by atoms with Crippen molar-refractivity contribution in [2.24, 2.45) is 11.3 Å². The molecule has 0 unspecified atom stereocenters. The first-order valence-electron chi connectivity index (χ1n) is 7.24. The molecule has 1 saturated carbocycles. The lowest BCUT2D eigenvalue weighted by molar-refractivity contribution is -0.127. The maximum absolute atomic E-state index is 12.4. The Hall–Kier alpha value is -2.04. The lowest BCUT2D eigenvalue weighted by atomic mass is 9.93. The van der Waals surface area contributed by atoms with Crippen molar-refractivity contribution >= 4 is 23.2 Å². The summed E-state index contributed by atoms with van der Waals surface area (Å²) >= 11 is 0. The highest BCUT2D eigenvalue weighted by atomic mass is 16.5. The average Bonchev–Trinajstić information content (AvgIpc) is 3.28. The number of hydrogen-bond donors (Lipinski definition) is 1. The molecule has 1 aliphatic carbocycles. The molecule has 2 amide bonds. The Balaban J connectivity index is 1.87. The van der Waals surface area contributed by atoms with Gasteiger partial charge in [0.05, 0.1) is 11.1 Å². The van der Waals surface area contributed by atoms with Gasteiger partial charge in [-0.15, -0.1) is 0 Å². The predicted molar refractivity (Wildman–Crippen MR) is 80.5 cm³/mol. The van der Waals surface area contributed by atoms with Gasteiger partial charge < -0.3 is 15.0 Å². The molecule has 1 aromatic rings. The van der Waals surface area contributed by atoms with Gasteiger partial charge in [0.1, 0.15) is 12.4 Å². The molecule has 0 aromatic heterocycles. The van der Waals surface area contributed by atoms with Crippen molar-refractivity contribution < 1.29 is 14.3 Å². The number of amides is 2. The summed E-state index contributed by atoms with van der Waals surface area (Å²) in [5.74, 6) is 0.877. The second kappa shape index (κ2) is 4.76. The molecule has 21 heavy (non-hydrogen) atoms. The number of fused-ring (bicyclic) bond motifs is 1. The first-order valence-corrected chi connectivity index (χ1v) is 7.24. The van der Waals surface area contributed by atoms with Crippen LogP contribution in [0.25, 0.3) is 0 Å². The van der Waals surface area contributed by atoms with Crippen LogP contribution in [0.1, 0.15) is 26.7 Å². The lowest BCUT2D eigenvalue weighted by Gasteiger charge is -2.24. The Bertz CT molecular complexity index is 606. The summed E-state index contributed by atoms with van der Waals surface area (Å²) in [5.41, 5.74) is 0.881. The third-order valence-electron chi connectivity index (χ3n) is 4.01. The van der Waals surface area contributed by atoms with E-state index >= 15 is 0 Å². The number of ether oxygens (including phenoxy) is 1. The Morgan fingerprint density at radius 1 is 1.38 bits per heavy atom. The van der Waals surface area contributed by atoms with E-state index in [1.807, 2.05) is 26.0 Å². The van der Waals surface area contributed by atoms with E-state index in [2.05, 4.69) is 5.32 Å². The molecule has 2 aliphatic rings. The van der Waals surface area contributed by atoms with E-state index in [1.165, 1.54) is 0 Å². The van der Waals surface area contributed by atoms with Crippen LogP contribution in [0.2, 0.25) is 0 Å². The Labute approximate surface area is 124 Å². The van der Waals surface area contributed by atoms with Gasteiger partial charge in [-0.25, -0.2) is 0 Å². The molecule has 5 nitrogen and oxygen atoms in total. The number of hydrogen-bond acceptors (Lipinski definition) is 3. The highest BCUT2D eigenvalue weighted by Gasteiger charge is 2.36. The molecule has 1 heterocycles. The van der Waals surface area contributed by atoms with E-state index in [9.17, 15) is 9.59 Å². The summed E-state index contributed by atoms with van der Waals surface area (Å²) in [6.45, 7) is 4.06. The topological polar surface area (TPSA) is 58.6 Å². The zero-order valence-corrected chi connectivity index (χ0v) is 12.6. The van der Waals surface area contributed by atoms with Crippen molar-refractivity contribution in [2.45, 2.75) is 26.7 Å². The fourth-order valence-electron chi connectivity index (χ4n) is 2.46. The van der Waals surface area contributed by atoms with Crippen molar-refractivity contribution in [3.63, 3.8) is 0 Å². The molecular weight excluding hydrogens is 268 g/mol. The van der Waals surface area contributed by atoms with Gasteiger partial charge in [0.25, 0.3) is 0 Å². The van der Waals surface area contributed by atoms with E-state index < -0.39 is 5.41 Å². The Morgan fingerprint density at radius 3 is 2.76 bits per heavy atom. The van der Waals surface area contributed by atoms with Gasteiger partial charge in [-0.1, -0.05) is 0 Å². The fraction of sp³-hybridized carbons (Fsp3) is 0.500. The average molecular weight is 288 g/mol. The number of benzene rings is 1. The predicted octanol–water partition coefficient (Wildman–Crippen LogP) is 2.42. The maximum Gasteiger partial charge on any atom is 0.235 e. The van der Waals surface area contributed by atoms with Gasteiger partial charge in [0.15, 0.2) is 0 Å². The minimum absolute atomic E-state index is 0.0241. The molecule has 1 aliphatic heterocycles. The molecule has 0 saturated heterocycles. The third kappa shape index (κ3) is 2.60. The first-order chi connectivity index (χ1) is 9.88. The monoisotopic (exact) mass is 288 g/mol. The number of anilines is 2. The smallest absolute Gasteiger partial charge is 0.235 e. The van der Waals surface area contributed by atoms with Gasteiger partial charge in [0, 0.05) is 24.7 Å². The zero-order chi connectivity index (χ0) is 15.2. The number of nitrogens with one attached hydrogen (secondary N) is 1. The van der Waals surface area contributed by atoms with Crippen molar-refractivity contribution in [3.05, 3.63) is 18.2 Å². The zero-order valence-electron chi connectivity index (χ0n) is 12.6. The summed E-state index contributed by atoms with van der Waals surface area (Å²) in [6.07, 6.45) is 1.94. The highest BCUT2D eigenvalue weighted by molar-refractivity contribution is 6.00. The Kier molecular flexibility index (Phi) is 3.15.